The normalized spacial score (nSPS) is 13.8. The summed E-state index contributed by atoms with van der Waals surface area (Å²) in [5.74, 6) is 0. The van der Waals surface area contributed by atoms with E-state index in [1.807, 2.05) is 22.7 Å². The molecular formula is C15H13ClN4. The molecule has 1 aromatic carbocycles. The monoisotopic (exact) mass is 284 g/mol. The number of rotatable bonds is 1. The van der Waals surface area contributed by atoms with Crippen LogP contribution in [0.15, 0.2) is 30.7 Å². The van der Waals surface area contributed by atoms with E-state index in [1.54, 1.807) is 6.33 Å². The quantitative estimate of drug-likeness (QED) is 0.699. The van der Waals surface area contributed by atoms with Crippen LogP contribution >= 0.6 is 11.6 Å². The summed E-state index contributed by atoms with van der Waals surface area (Å²) in [6.45, 7) is 0. The van der Waals surface area contributed by atoms with E-state index in [0.29, 0.717) is 5.02 Å². The first-order valence-electron chi connectivity index (χ1n) is 6.63. The van der Waals surface area contributed by atoms with Crippen molar-refractivity contribution in [2.24, 2.45) is 0 Å². The molecule has 4 nitrogen and oxygen atoms in total. The molecule has 0 radical (unpaired) electrons. The van der Waals surface area contributed by atoms with Gasteiger partial charge in [-0.2, -0.15) is 0 Å². The highest BCUT2D eigenvalue weighted by atomic mass is 35.5. The van der Waals surface area contributed by atoms with Gasteiger partial charge in [-0.3, -0.25) is 4.40 Å². The lowest BCUT2D eigenvalue weighted by Crippen LogP contribution is -1.98. The van der Waals surface area contributed by atoms with E-state index in [0.717, 1.165) is 41.7 Å². The van der Waals surface area contributed by atoms with E-state index in [-0.39, 0.29) is 0 Å². The molecule has 2 heterocycles. The molecule has 0 fully saturated rings. The van der Waals surface area contributed by atoms with Gasteiger partial charge in [-0.25, -0.2) is 0 Å². The molecule has 0 amide bonds. The molecule has 0 unspecified atom stereocenters. The van der Waals surface area contributed by atoms with E-state index in [1.165, 1.54) is 11.1 Å². The van der Waals surface area contributed by atoms with E-state index in [2.05, 4.69) is 16.3 Å². The predicted octanol–water partition coefficient (Wildman–Crippen LogP) is 3.12. The first kappa shape index (κ1) is 11.7. The fourth-order valence-corrected chi connectivity index (χ4v) is 3.35. The van der Waals surface area contributed by atoms with Crippen LogP contribution in [0.25, 0.3) is 16.8 Å². The fraction of sp³-hybridized carbons (Fsp3) is 0.200. The number of hydrogen-bond acceptors (Lipinski definition) is 3. The topological polar surface area (TPSA) is 56.2 Å². The maximum Gasteiger partial charge on any atom is 0.161 e. The van der Waals surface area contributed by atoms with E-state index < -0.39 is 0 Å². The van der Waals surface area contributed by atoms with Crippen LogP contribution < -0.4 is 5.73 Å². The second kappa shape index (κ2) is 4.21. The average molecular weight is 285 g/mol. The number of fused-ring (bicyclic) bond motifs is 2. The number of anilines is 1. The Morgan fingerprint density at radius 3 is 3.05 bits per heavy atom. The van der Waals surface area contributed by atoms with Crippen LogP contribution in [0, 0.1) is 0 Å². The van der Waals surface area contributed by atoms with Gasteiger partial charge in [0.2, 0.25) is 0 Å². The maximum absolute atomic E-state index is 6.45. The zero-order chi connectivity index (χ0) is 13.7. The highest BCUT2D eigenvalue weighted by molar-refractivity contribution is 6.34. The highest BCUT2D eigenvalue weighted by Crippen LogP contribution is 2.40. The number of hydrogen-bond donors (Lipinski definition) is 1. The maximum atomic E-state index is 6.45. The number of benzene rings is 1. The van der Waals surface area contributed by atoms with Crippen LogP contribution in [0.2, 0.25) is 5.02 Å². The van der Waals surface area contributed by atoms with Crippen LogP contribution in [0.5, 0.6) is 0 Å². The molecule has 0 saturated carbocycles. The van der Waals surface area contributed by atoms with Gasteiger partial charge in [0.15, 0.2) is 5.65 Å². The second-order valence-electron chi connectivity index (χ2n) is 5.15. The SMILES string of the molecule is Nc1c2c(cc(Cl)c1-c1ccn3cnnc3c1)CCC2. The predicted molar refractivity (Wildman–Crippen MR) is 79.9 cm³/mol. The molecular weight excluding hydrogens is 272 g/mol. The van der Waals surface area contributed by atoms with Gasteiger partial charge in [0.25, 0.3) is 0 Å². The van der Waals surface area contributed by atoms with Gasteiger partial charge in [0, 0.05) is 17.4 Å². The Morgan fingerprint density at radius 1 is 1.25 bits per heavy atom. The molecule has 1 aliphatic rings. The molecule has 20 heavy (non-hydrogen) atoms. The molecule has 0 aliphatic heterocycles. The number of nitrogen functional groups attached to an aromatic ring is 1. The second-order valence-corrected chi connectivity index (χ2v) is 5.56. The molecule has 0 bridgehead atoms. The summed E-state index contributed by atoms with van der Waals surface area (Å²) < 4.78 is 1.86. The molecule has 2 aromatic heterocycles. The number of nitrogens with two attached hydrogens (primary N) is 1. The number of aryl methyl sites for hydroxylation is 1. The third-order valence-electron chi connectivity index (χ3n) is 3.98. The number of aromatic nitrogens is 3. The van der Waals surface area contributed by atoms with Gasteiger partial charge in [-0.05, 0) is 54.2 Å². The molecule has 0 spiro atoms. The lowest BCUT2D eigenvalue weighted by molar-refractivity contribution is 0.912. The summed E-state index contributed by atoms with van der Waals surface area (Å²) in [4.78, 5) is 0. The third kappa shape index (κ3) is 1.61. The van der Waals surface area contributed by atoms with Crippen LogP contribution in [0.1, 0.15) is 17.5 Å². The Balaban J connectivity index is 1.97. The zero-order valence-electron chi connectivity index (χ0n) is 10.8. The minimum absolute atomic E-state index is 0.715. The smallest absolute Gasteiger partial charge is 0.161 e. The number of pyridine rings is 1. The van der Waals surface area contributed by atoms with Gasteiger partial charge in [-0.15, -0.1) is 10.2 Å². The largest absolute Gasteiger partial charge is 0.398 e. The van der Waals surface area contributed by atoms with Crippen molar-refractivity contribution in [3.8, 4) is 11.1 Å². The number of nitrogens with zero attached hydrogens (tertiary/aromatic N) is 3. The minimum Gasteiger partial charge on any atom is -0.398 e. The summed E-state index contributed by atoms with van der Waals surface area (Å²) >= 11 is 6.45. The molecule has 4 rings (SSSR count). The van der Waals surface area contributed by atoms with Crippen molar-refractivity contribution in [2.75, 3.05) is 5.73 Å². The summed E-state index contributed by atoms with van der Waals surface area (Å²) in [7, 11) is 0. The molecule has 1 aliphatic carbocycles. The average Bonchev–Trinajstić information content (AvgIpc) is 3.06. The molecule has 0 atom stereocenters. The molecule has 3 aromatic rings. The minimum atomic E-state index is 0.715. The van der Waals surface area contributed by atoms with Gasteiger partial charge in [0.1, 0.15) is 6.33 Å². The lowest BCUT2D eigenvalue weighted by atomic mass is 9.98. The standard InChI is InChI=1S/C15H13ClN4/c16-12-6-9-2-1-3-11(9)15(17)14(12)10-4-5-20-8-18-19-13(20)7-10/h4-8H,1-3,17H2. The van der Waals surface area contributed by atoms with Crippen molar-refractivity contribution in [1.82, 2.24) is 14.6 Å². The van der Waals surface area contributed by atoms with E-state index in [4.69, 9.17) is 17.3 Å². The van der Waals surface area contributed by atoms with Crippen molar-refractivity contribution < 1.29 is 0 Å². The fourth-order valence-electron chi connectivity index (χ4n) is 3.01. The highest BCUT2D eigenvalue weighted by Gasteiger charge is 2.20. The van der Waals surface area contributed by atoms with Gasteiger partial charge in [-0.1, -0.05) is 11.6 Å². The van der Waals surface area contributed by atoms with Crippen molar-refractivity contribution >= 4 is 22.9 Å². The van der Waals surface area contributed by atoms with Crippen molar-refractivity contribution in [2.45, 2.75) is 19.3 Å². The molecule has 0 saturated heterocycles. The Morgan fingerprint density at radius 2 is 2.15 bits per heavy atom. The van der Waals surface area contributed by atoms with Gasteiger partial charge >= 0.3 is 0 Å². The van der Waals surface area contributed by atoms with E-state index in [9.17, 15) is 0 Å². The summed E-state index contributed by atoms with van der Waals surface area (Å²) in [6.07, 6.45) is 6.87. The van der Waals surface area contributed by atoms with Crippen LogP contribution in [-0.4, -0.2) is 14.6 Å². The van der Waals surface area contributed by atoms with Gasteiger partial charge in [0.05, 0.1) is 5.02 Å². The zero-order valence-corrected chi connectivity index (χ0v) is 11.6. The van der Waals surface area contributed by atoms with Gasteiger partial charge < -0.3 is 5.73 Å². The Bertz CT molecular complexity index is 822. The van der Waals surface area contributed by atoms with Crippen LogP contribution in [0.3, 0.4) is 0 Å². The molecule has 100 valence electrons. The van der Waals surface area contributed by atoms with Crippen molar-refractivity contribution in [3.05, 3.63) is 46.9 Å². The summed E-state index contributed by atoms with van der Waals surface area (Å²) in [5.41, 5.74) is 12.4. The third-order valence-corrected chi connectivity index (χ3v) is 4.28. The van der Waals surface area contributed by atoms with Crippen molar-refractivity contribution in [1.29, 1.82) is 0 Å². The summed E-state index contributed by atoms with van der Waals surface area (Å²) in [5, 5.41) is 8.67. The first-order chi connectivity index (χ1) is 9.74. The Labute approximate surface area is 121 Å². The first-order valence-corrected chi connectivity index (χ1v) is 7.01. The van der Waals surface area contributed by atoms with E-state index >= 15 is 0 Å². The Hall–Kier alpha value is -2.07. The molecule has 2 N–H and O–H groups in total. The van der Waals surface area contributed by atoms with Crippen molar-refractivity contribution in [3.63, 3.8) is 0 Å². The molecule has 5 heteroatoms. The number of halogens is 1. The van der Waals surface area contributed by atoms with Crippen LogP contribution in [0.4, 0.5) is 5.69 Å². The van der Waals surface area contributed by atoms with Crippen LogP contribution in [-0.2, 0) is 12.8 Å². The summed E-state index contributed by atoms with van der Waals surface area (Å²) in [6, 6.07) is 6.02. The Kier molecular flexibility index (Phi) is 2.47. The lowest BCUT2D eigenvalue weighted by Gasteiger charge is -2.13.